The molecule has 1 nitrogen and oxygen atoms in total. The summed E-state index contributed by atoms with van der Waals surface area (Å²) in [6, 6.07) is 0. The molecule has 0 aliphatic heterocycles. The Kier molecular flexibility index (Phi) is 12.0. The Morgan fingerprint density at radius 1 is 0.667 bits per heavy atom. The molecule has 0 aliphatic rings. The van der Waals surface area contributed by atoms with Crippen LogP contribution >= 0.6 is 0 Å². The van der Waals surface area contributed by atoms with Crippen LogP contribution in [0.2, 0.25) is 0 Å². The molecule has 0 N–H and O–H groups in total. The second-order valence-corrected chi connectivity index (χ2v) is 5.95. The summed E-state index contributed by atoms with van der Waals surface area (Å²) in [4.78, 5) is 2.53. The van der Waals surface area contributed by atoms with Crippen LogP contribution in [0.25, 0.3) is 0 Å². The highest BCUT2D eigenvalue weighted by atomic mass is 15.1. The van der Waals surface area contributed by atoms with Gasteiger partial charge in [0.2, 0.25) is 0 Å². The fourth-order valence-electron chi connectivity index (χ4n) is 2.81. The van der Waals surface area contributed by atoms with Gasteiger partial charge >= 0.3 is 0 Å². The van der Waals surface area contributed by atoms with Crippen molar-refractivity contribution in [1.29, 1.82) is 0 Å². The van der Waals surface area contributed by atoms with Crippen molar-refractivity contribution in [2.24, 2.45) is 11.8 Å². The van der Waals surface area contributed by atoms with Gasteiger partial charge in [0.25, 0.3) is 0 Å². The van der Waals surface area contributed by atoms with Crippen LogP contribution in [0.5, 0.6) is 0 Å². The average molecular weight is 255 g/mol. The van der Waals surface area contributed by atoms with Crippen molar-refractivity contribution in [2.45, 2.75) is 79.1 Å². The molecule has 1 heteroatoms. The van der Waals surface area contributed by atoms with E-state index < -0.39 is 0 Å². The first-order chi connectivity index (χ1) is 8.67. The third-order valence-electron chi connectivity index (χ3n) is 4.61. The summed E-state index contributed by atoms with van der Waals surface area (Å²) in [7, 11) is 2.29. The highest BCUT2D eigenvalue weighted by Crippen LogP contribution is 2.16. The monoisotopic (exact) mass is 255 g/mol. The molecule has 0 spiro atoms. The highest BCUT2D eigenvalue weighted by Gasteiger charge is 2.06. The SMILES string of the molecule is CCC(CC)CCCN(C)CCCC(CC)CC. The lowest BCUT2D eigenvalue weighted by Gasteiger charge is -2.20. The lowest BCUT2D eigenvalue weighted by atomic mass is 9.97. The van der Waals surface area contributed by atoms with Crippen molar-refractivity contribution in [2.75, 3.05) is 20.1 Å². The van der Waals surface area contributed by atoms with Crippen LogP contribution in [0.15, 0.2) is 0 Å². The predicted molar refractivity (Wildman–Crippen MR) is 84.1 cm³/mol. The molecule has 0 fully saturated rings. The minimum Gasteiger partial charge on any atom is -0.306 e. The Bertz CT molecular complexity index is 141. The van der Waals surface area contributed by atoms with Crippen LogP contribution in [0.1, 0.15) is 79.1 Å². The molecule has 0 saturated heterocycles. The van der Waals surface area contributed by atoms with Gasteiger partial charge in [0.05, 0.1) is 0 Å². The van der Waals surface area contributed by atoms with Crippen molar-refractivity contribution in [3.05, 3.63) is 0 Å². The van der Waals surface area contributed by atoms with Crippen LogP contribution < -0.4 is 0 Å². The lowest BCUT2D eigenvalue weighted by Crippen LogP contribution is -2.22. The van der Waals surface area contributed by atoms with E-state index in [1.165, 1.54) is 64.5 Å². The first-order valence-corrected chi connectivity index (χ1v) is 8.36. The molecule has 110 valence electrons. The highest BCUT2D eigenvalue weighted by molar-refractivity contribution is 4.60. The van der Waals surface area contributed by atoms with Crippen molar-refractivity contribution in [3.63, 3.8) is 0 Å². The van der Waals surface area contributed by atoms with Crippen molar-refractivity contribution >= 4 is 0 Å². The fourth-order valence-corrected chi connectivity index (χ4v) is 2.81. The number of rotatable bonds is 12. The van der Waals surface area contributed by atoms with Gasteiger partial charge < -0.3 is 4.90 Å². The second kappa shape index (κ2) is 12.0. The molecule has 0 aromatic rings. The van der Waals surface area contributed by atoms with E-state index in [9.17, 15) is 0 Å². The third-order valence-corrected chi connectivity index (χ3v) is 4.61. The van der Waals surface area contributed by atoms with Crippen LogP contribution in [0.3, 0.4) is 0 Å². The molecule has 0 bridgehead atoms. The maximum atomic E-state index is 2.53. The minimum absolute atomic E-state index is 0.961. The molecular formula is C17H37N. The van der Waals surface area contributed by atoms with E-state index in [1.807, 2.05) is 0 Å². The summed E-state index contributed by atoms with van der Waals surface area (Å²) in [5.74, 6) is 1.92. The van der Waals surface area contributed by atoms with E-state index in [4.69, 9.17) is 0 Å². The second-order valence-electron chi connectivity index (χ2n) is 5.95. The first kappa shape index (κ1) is 18.0. The van der Waals surface area contributed by atoms with Gasteiger partial charge in [0, 0.05) is 0 Å². The molecule has 0 aliphatic carbocycles. The topological polar surface area (TPSA) is 3.24 Å². The fraction of sp³-hybridized carbons (Fsp3) is 1.00. The zero-order valence-corrected chi connectivity index (χ0v) is 13.7. The van der Waals surface area contributed by atoms with Gasteiger partial charge in [0.15, 0.2) is 0 Å². The van der Waals surface area contributed by atoms with E-state index >= 15 is 0 Å². The Morgan fingerprint density at radius 2 is 1.00 bits per heavy atom. The lowest BCUT2D eigenvalue weighted by molar-refractivity contribution is 0.290. The van der Waals surface area contributed by atoms with Gasteiger partial charge in [-0.3, -0.25) is 0 Å². The Labute approximate surface area is 116 Å². The van der Waals surface area contributed by atoms with Gasteiger partial charge in [-0.05, 0) is 57.7 Å². The summed E-state index contributed by atoms with van der Waals surface area (Å²) in [5.41, 5.74) is 0. The van der Waals surface area contributed by atoms with Gasteiger partial charge in [-0.2, -0.15) is 0 Å². The summed E-state index contributed by atoms with van der Waals surface area (Å²) in [6.07, 6.45) is 11.0. The molecule has 0 aromatic carbocycles. The summed E-state index contributed by atoms with van der Waals surface area (Å²) >= 11 is 0. The smallest absolute Gasteiger partial charge is 0.00217 e. The summed E-state index contributed by atoms with van der Waals surface area (Å²) in [6.45, 7) is 11.9. The molecule has 0 unspecified atom stereocenters. The number of hydrogen-bond acceptors (Lipinski definition) is 1. The molecule has 0 aromatic heterocycles. The standard InChI is InChI=1S/C17H37N/c1-6-16(7-2)12-10-14-18(5)15-11-13-17(8-3)9-4/h16-17H,6-15H2,1-5H3. The molecule has 0 heterocycles. The zero-order chi connectivity index (χ0) is 13.8. The van der Waals surface area contributed by atoms with Crippen molar-refractivity contribution in [1.82, 2.24) is 4.90 Å². The van der Waals surface area contributed by atoms with Gasteiger partial charge in [0.1, 0.15) is 0 Å². The minimum atomic E-state index is 0.961. The average Bonchev–Trinajstić information content (AvgIpc) is 2.40. The maximum Gasteiger partial charge on any atom is -0.00217 e. The van der Waals surface area contributed by atoms with Crippen LogP contribution in [0, 0.1) is 11.8 Å². The maximum absolute atomic E-state index is 2.53. The molecule has 0 amide bonds. The van der Waals surface area contributed by atoms with Crippen LogP contribution in [-0.4, -0.2) is 25.0 Å². The predicted octanol–water partition coefficient (Wildman–Crippen LogP) is 5.35. The van der Waals surface area contributed by atoms with E-state index in [-0.39, 0.29) is 0 Å². The zero-order valence-electron chi connectivity index (χ0n) is 13.7. The van der Waals surface area contributed by atoms with Crippen LogP contribution in [0.4, 0.5) is 0 Å². The molecular weight excluding hydrogens is 218 g/mol. The largest absolute Gasteiger partial charge is 0.306 e. The molecule has 0 atom stereocenters. The van der Waals surface area contributed by atoms with E-state index in [0.717, 1.165) is 11.8 Å². The Balaban J connectivity index is 3.50. The van der Waals surface area contributed by atoms with Gasteiger partial charge in [-0.1, -0.05) is 53.4 Å². The Morgan fingerprint density at radius 3 is 1.28 bits per heavy atom. The van der Waals surface area contributed by atoms with Gasteiger partial charge in [-0.15, -0.1) is 0 Å². The van der Waals surface area contributed by atoms with Crippen molar-refractivity contribution in [3.8, 4) is 0 Å². The quantitative estimate of drug-likeness (QED) is 0.454. The van der Waals surface area contributed by atoms with E-state index in [2.05, 4.69) is 39.6 Å². The molecule has 0 radical (unpaired) electrons. The van der Waals surface area contributed by atoms with Gasteiger partial charge in [-0.25, -0.2) is 0 Å². The summed E-state index contributed by atoms with van der Waals surface area (Å²) < 4.78 is 0. The summed E-state index contributed by atoms with van der Waals surface area (Å²) in [5, 5.41) is 0. The number of hydrogen-bond donors (Lipinski definition) is 0. The van der Waals surface area contributed by atoms with E-state index in [0.29, 0.717) is 0 Å². The molecule has 0 saturated carbocycles. The number of nitrogens with zero attached hydrogens (tertiary/aromatic N) is 1. The van der Waals surface area contributed by atoms with Crippen molar-refractivity contribution < 1.29 is 0 Å². The normalized spacial score (nSPS) is 12.0. The molecule has 18 heavy (non-hydrogen) atoms. The molecule has 0 rings (SSSR count). The van der Waals surface area contributed by atoms with E-state index in [1.54, 1.807) is 0 Å². The van der Waals surface area contributed by atoms with Crippen LogP contribution in [-0.2, 0) is 0 Å². The Hall–Kier alpha value is -0.0400. The first-order valence-electron chi connectivity index (χ1n) is 8.36. The third kappa shape index (κ3) is 8.97.